The molecule has 0 fully saturated rings. The highest BCUT2D eigenvalue weighted by atomic mass is 35.5. The van der Waals surface area contributed by atoms with E-state index in [1.807, 2.05) is 11.8 Å². The molecule has 2 rings (SSSR count). The highest BCUT2D eigenvalue weighted by Crippen LogP contribution is 2.33. The molecule has 0 spiro atoms. The number of carbonyl (C=O) groups is 2. The predicted molar refractivity (Wildman–Crippen MR) is 78.1 cm³/mol. The van der Waals surface area contributed by atoms with Gasteiger partial charge in [-0.3, -0.25) is 9.59 Å². The first kappa shape index (κ1) is 14.5. The molecule has 0 saturated carbocycles. The predicted octanol–water partition coefficient (Wildman–Crippen LogP) is 3.16. The molecule has 0 aliphatic carbocycles. The van der Waals surface area contributed by atoms with Crippen molar-refractivity contribution in [3.05, 3.63) is 20.9 Å². The summed E-state index contributed by atoms with van der Waals surface area (Å²) in [4.78, 5) is 27.9. The van der Waals surface area contributed by atoms with Crippen molar-refractivity contribution in [3.8, 4) is 0 Å². The lowest BCUT2D eigenvalue weighted by molar-refractivity contribution is -0.129. The third-order valence-electron chi connectivity index (χ3n) is 3.49. The summed E-state index contributed by atoms with van der Waals surface area (Å²) in [7, 11) is 0. The van der Waals surface area contributed by atoms with Gasteiger partial charge in [-0.15, -0.1) is 22.9 Å². The third-order valence-corrected chi connectivity index (χ3v) is 4.96. The van der Waals surface area contributed by atoms with Gasteiger partial charge in [0.05, 0.1) is 0 Å². The first-order valence-corrected chi connectivity index (χ1v) is 7.85. The average Bonchev–Trinajstić information content (AvgIpc) is 2.70. The van der Waals surface area contributed by atoms with Gasteiger partial charge in [-0.05, 0) is 25.3 Å². The monoisotopic (exact) mass is 299 g/mol. The maximum Gasteiger partial charge on any atom is 0.219 e. The van der Waals surface area contributed by atoms with Crippen LogP contribution in [0.2, 0.25) is 0 Å². The van der Waals surface area contributed by atoms with E-state index >= 15 is 0 Å². The van der Waals surface area contributed by atoms with Crippen LogP contribution in [-0.4, -0.2) is 29.0 Å². The highest BCUT2D eigenvalue weighted by molar-refractivity contribution is 7.12. The Balaban J connectivity index is 2.28. The van der Waals surface area contributed by atoms with Crippen LogP contribution in [-0.2, 0) is 17.8 Å². The van der Waals surface area contributed by atoms with E-state index in [1.165, 1.54) is 4.88 Å². The summed E-state index contributed by atoms with van der Waals surface area (Å²) in [5.74, 6) is 0.756. The molecule has 0 radical (unpaired) electrons. The number of thiophene rings is 1. The summed E-state index contributed by atoms with van der Waals surface area (Å²) in [6.07, 6.45) is 2.07. The summed E-state index contributed by atoms with van der Waals surface area (Å²) in [6, 6.07) is 0. The molecule has 1 aliphatic heterocycles. The van der Waals surface area contributed by atoms with Crippen molar-refractivity contribution in [2.45, 2.75) is 39.7 Å². The average molecular weight is 300 g/mol. The Morgan fingerprint density at radius 2 is 2.16 bits per heavy atom. The van der Waals surface area contributed by atoms with Crippen LogP contribution >= 0.6 is 22.9 Å². The van der Waals surface area contributed by atoms with Gasteiger partial charge in [-0.1, -0.05) is 0 Å². The van der Waals surface area contributed by atoms with E-state index in [9.17, 15) is 9.59 Å². The smallest absolute Gasteiger partial charge is 0.219 e. The van der Waals surface area contributed by atoms with Gasteiger partial charge in [0.1, 0.15) is 0 Å². The highest BCUT2D eigenvalue weighted by Gasteiger charge is 2.26. The zero-order chi connectivity index (χ0) is 14.0. The first-order chi connectivity index (χ1) is 9.04. The van der Waals surface area contributed by atoms with E-state index in [0.29, 0.717) is 25.3 Å². The molecule has 1 aliphatic rings. The Kier molecular flexibility index (Phi) is 4.63. The molecule has 1 amide bonds. The fourth-order valence-corrected chi connectivity index (χ4v) is 3.84. The Bertz CT molecular complexity index is 510. The second-order valence-electron chi connectivity index (χ2n) is 4.84. The molecule has 19 heavy (non-hydrogen) atoms. The molecule has 0 N–H and O–H groups in total. The van der Waals surface area contributed by atoms with E-state index in [1.54, 1.807) is 18.3 Å². The van der Waals surface area contributed by atoms with Crippen LogP contribution in [0, 0.1) is 6.92 Å². The van der Waals surface area contributed by atoms with Crippen molar-refractivity contribution in [1.29, 1.82) is 0 Å². The minimum atomic E-state index is 0.0775. The number of hydrogen-bond acceptors (Lipinski definition) is 3. The minimum absolute atomic E-state index is 0.0775. The van der Waals surface area contributed by atoms with E-state index < -0.39 is 0 Å². The van der Waals surface area contributed by atoms with Crippen molar-refractivity contribution in [1.82, 2.24) is 4.90 Å². The van der Waals surface area contributed by atoms with Crippen LogP contribution in [0.5, 0.6) is 0 Å². The third kappa shape index (κ3) is 3.00. The zero-order valence-corrected chi connectivity index (χ0v) is 12.9. The summed E-state index contributed by atoms with van der Waals surface area (Å²) >= 11 is 7.35. The number of Topliss-reactive ketones (excluding diaryl/α,β-unsaturated/α-hetero) is 1. The summed E-state index contributed by atoms with van der Waals surface area (Å²) in [6.45, 7) is 4.92. The van der Waals surface area contributed by atoms with Gasteiger partial charge in [0.2, 0.25) is 5.91 Å². The van der Waals surface area contributed by atoms with Crippen molar-refractivity contribution >= 4 is 34.6 Å². The molecular weight excluding hydrogens is 282 g/mol. The number of hydrogen-bond donors (Lipinski definition) is 0. The van der Waals surface area contributed by atoms with Crippen molar-refractivity contribution < 1.29 is 9.59 Å². The van der Waals surface area contributed by atoms with Crippen LogP contribution in [0.3, 0.4) is 0 Å². The standard InChI is InChI=1S/C14H18ClNO2S/c1-9-14(12(18)4-3-6-15)11-8-16(10(2)17)7-5-13(11)19-9/h3-8H2,1-2H3. The number of rotatable bonds is 4. The second-order valence-corrected chi connectivity index (χ2v) is 6.53. The van der Waals surface area contributed by atoms with Crippen molar-refractivity contribution in [3.63, 3.8) is 0 Å². The lowest BCUT2D eigenvalue weighted by Crippen LogP contribution is -2.34. The van der Waals surface area contributed by atoms with Gasteiger partial charge in [0.25, 0.3) is 0 Å². The second kappa shape index (κ2) is 6.06. The summed E-state index contributed by atoms with van der Waals surface area (Å²) in [5.41, 5.74) is 1.92. The van der Waals surface area contributed by atoms with E-state index in [2.05, 4.69) is 0 Å². The van der Waals surface area contributed by atoms with Gasteiger partial charge < -0.3 is 4.90 Å². The van der Waals surface area contributed by atoms with Gasteiger partial charge >= 0.3 is 0 Å². The lowest BCUT2D eigenvalue weighted by Gasteiger charge is -2.26. The van der Waals surface area contributed by atoms with Crippen molar-refractivity contribution in [2.24, 2.45) is 0 Å². The summed E-state index contributed by atoms with van der Waals surface area (Å²) < 4.78 is 0. The number of aryl methyl sites for hydroxylation is 1. The van der Waals surface area contributed by atoms with Gasteiger partial charge in [-0.25, -0.2) is 0 Å². The Hall–Kier alpha value is -0.870. The summed E-state index contributed by atoms with van der Waals surface area (Å²) in [5, 5.41) is 0. The van der Waals surface area contributed by atoms with Gasteiger partial charge in [0.15, 0.2) is 5.78 Å². The maximum absolute atomic E-state index is 12.3. The fraction of sp³-hybridized carbons (Fsp3) is 0.571. The molecule has 0 unspecified atom stereocenters. The molecule has 3 nitrogen and oxygen atoms in total. The van der Waals surface area contributed by atoms with Crippen LogP contribution in [0.1, 0.15) is 45.4 Å². The zero-order valence-electron chi connectivity index (χ0n) is 11.3. The van der Waals surface area contributed by atoms with Gasteiger partial charge in [0, 0.05) is 47.6 Å². The van der Waals surface area contributed by atoms with Gasteiger partial charge in [-0.2, -0.15) is 0 Å². The van der Waals surface area contributed by atoms with E-state index in [0.717, 1.165) is 29.0 Å². The molecule has 2 heterocycles. The number of ketones is 1. The molecule has 0 saturated heterocycles. The molecule has 104 valence electrons. The molecule has 0 bridgehead atoms. The minimum Gasteiger partial charge on any atom is -0.338 e. The van der Waals surface area contributed by atoms with Crippen LogP contribution in [0.4, 0.5) is 0 Å². The number of amides is 1. The fourth-order valence-electron chi connectivity index (χ4n) is 2.51. The van der Waals surface area contributed by atoms with E-state index in [-0.39, 0.29) is 11.7 Å². The molecule has 0 atom stereocenters. The molecule has 0 aromatic carbocycles. The topological polar surface area (TPSA) is 37.4 Å². The number of carbonyl (C=O) groups excluding carboxylic acids is 2. The van der Waals surface area contributed by atoms with Crippen molar-refractivity contribution in [2.75, 3.05) is 12.4 Å². The number of alkyl halides is 1. The molecule has 1 aromatic heterocycles. The quantitative estimate of drug-likeness (QED) is 0.632. The lowest BCUT2D eigenvalue weighted by atomic mass is 9.98. The Morgan fingerprint density at radius 1 is 1.42 bits per heavy atom. The molecule has 5 heteroatoms. The van der Waals surface area contributed by atoms with Crippen LogP contribution in [0.25, 0.3) is 0 Å². The van der Waals surface area contributed by atoms with E-state index in [4.69, 9.17) is 11.6 Å². The number of halogens is 1. The Morgan fingerprint density at radius 3 is 2.79 bits per heavy atom. The largest absolute Gasteiger partial charge is 0.338 e. The molecular formula is C14H18ClNO2S. The van der Waals surface area contributed by atoms with Crippen LogP contribution < -0.4 is 0 Å². The maximum atomic E-state index is 12.3. The first-order valence-electron chi connectivity index (χ1n) is 6.50. The SMILES string of the molecule is CC(=O)N1CCc2sc(C)c(C(=O)CCCCl)c2C1. The Labute approximate surface area is 122 Å². The normalized spacial score (nSPS) is 14.4. The van der Waals surface area contributed by atoms with Crippen LogP contribution in [0.15, 0.2) is 0 Å². The number of fused-ring (bicyclic) bond motifs is 1. The molecule has 1 aromatic rings. The number of nitrogens with zero attached hydrogens (tertiary/aromatic N) is 1.